The van der Waals surface area contributed by atoms with Gasteiger partial charge < -0.3 is 15.5 Å². The number of carboxylic acids is 1. The Hall–Kier alpha value is -1.77. The first kappa shape index (κ1) is 14.6. The van der Waals surface area contributed by atoms with Crippen LogP contribution in [0.4, 0.5) is 0 Å². The van der Waals surface area contributed by atoms with E-state index >= 15 is 0 Å². The quantitative estimate of drug-likeness (QED) is 0.661. The van der Waals surface area contributed by atoms with E-state index in [-0.39, 0.29) is 19.1 Å². The molecule has 0 saturated heterocycles. The van der Waals surface area contributed by atoms with Crippen molar-refractivity contribution in [2.45, 2.75) is 25.6 Å². The zero-order valence-corrected chi connectivity index (χ0v) is 11.6. The summed E-state index contributed by atoms with van der Waals surface area (Å²) in [6, 6.07) is 3.57. The zero-order valence-electron chi connectivity index (χ0n) is 10.8. The molecule has 0 fully saturated rings. The van der Waals surface area contributed by atoms with Gasteiger partial charge in [-0.2, -0.15) is 0 Å². The van der Waals surface area contributed by atoms with E-state index in [2.05, 4.69) is 15.6 Å². The van der Waals surface area contributed by atoms with Gasteiger partial charge in [0.2, 0.25) is 0 Å². The Morgan fingerprint density at radius 3 is 3.05 bits per heavy atom. The second-order valence-corrected chi connectivity index (χ2v) is 5.22. The molecule has 0 aliphatic rings. The minimum atomic E-state index is -0.847. The van der Waals surface area contributed by atoms with Crippen LogP contribution in [-0.4, -0.2) is 37.8 Å². The number of carboxylic acid groups (broad SMARTS) is 1. The lowest BCUT2D eigenvalue weighted by molar-refractivity contribution is -0.137. The molecule has 0 bridgehead atoms. The molecule has 20 heavy (non-hydrogen) atoms. The molecule has 1 unspecified atom stereocenters. The number of thiophene rings is 1. The van der Waals surface area contributed by atoms with Crippen molar-refractivity contribution in [3.8, 4) is 0 Å². The highest BCUT2D eigenvalue weighted by molar-refractivity contribution is 7.10. The molecule has 2 aromatic heterocycles. The summed E-state index contributed by atoms with van der Waals surface area (Å²) in [5.74, 6) is -0.847. The Bertz CT molecular complexity index is 541. The maximum absolute atomic E-state index is 10.9. The van der Waals surface area contributed by atoms with Crippen molar-refractivity contribution < 1.29 is 15.0 Å². The van der Waals surface area contributed by atoms with Crippen LogP contribution in [0.15, 0.2) is 23.7 Å². The SMILES string of the molecule is O=C(O)CC(NCc1cn(CCO)nn1)c1cccs1. The number of aliphatic carboxylic acids is 1. The molecule has 7 nitrogen and oxygen atoms in total. The van der Waals surface area contributed by atoms with Crippen LogP contribution in [0, 0.1) is 0 Å². The van der Waals surface area contributed by atoms with Gasteiger partial charge in [-0.15, -0.1) is 16.4 Å². The molecule has 2 heterocycles. The number of rotatable bonds is 8. The van der Waals surface area contributed by atoms with Gasteiger partial charge in [0.1, 0.15) is 0 Å². The first-order valence-corrected chi connectivity index (χ1v) is 7.05. The molecule has 3 N–H and O–H groups in total. The van der Waals surface area contributed by atoms with Gasteiger partial charge >= 0.3 is 5.97 Å². The predicted molar refractivity (Wildman–Crippen MR) is 73.3 cm³/mol. The average Bonchev–Trinajstić information content (AvgIpc) is 3.06. The van der Waals surface area contributed by atoms with Crippen molar-refractivity contribution in [2.75, 3.05) is 6.61 Å². The summed E-state index contributed by atoms with van der Waals surface area (Å²) in [6.45, 7) is 0.838. The molecule has 0 amide bonds. The standard InChI is InChI=1S/C12H16N4O3S/c17-4-3-16-8-9(14-15-16)7-13-10(6-12(18)19)11-2-1-5-20-11/h1-2,5,8,10,13,17H,3-4,6-7H2,(H,18,19). The van der Waals surface area contributed by atoms with E-state index in [0.29, 0.717) is 18.8 Å². The van der Waals surface area contributed by atoms with Gasteiger partial charge in [-0.3, -0.25) is 4.79 Å². The Morgan fingerprint density at radius 1 is 1.55 bits per heavy atom. The van der Waals surface area contributed by atoms with Crippen molar-refractivity contribution in [1.82, 2.24) is 20.3 Å². The van der Waals surface area contributed by atoms with Gasteiger partial charge in [0.25, 0.3) is 0 Å². The third-order valence-corrected chi connectivity index (χ3v) is 3.70. The fourth-order valence-electron chi connectivity index (χ4n) is 1.80. The molecular weight excluding hydrogens is 280 g/mol. The normalized spacial score (nSPS) is 12.4. The molecule has 108 valence electrons. The number of hydrogen-bond donors (Lipinski definition) is 3. The predicted octanol–water partition coefficient (Wildman–Crippen LogP) is 0.637. The molecule has 0 saturated carbocycles. The lowest BCUT2D eigenvalue weighted by atomic mass is 10.1. The van der Waals surface area contributed by atoms with E-state index in [0.717, 1.165) is 4.88 Å². The number of nitrogens with zero attached hydrogens (tertiary/aromatic N) is 3. The van der Waals surface area contributed by atoms with Crippen LogP contribution in [-0.2, 0) is 17.9 Å². The number of aromatic nitrogens is 3. The second kappa shape index (κ2) is 7.13. The van der Waals surface area contributed by atoms with Crippen LogP contribution >= 0.6 is 11.3 Å². The first-order chi connectivity index (χ1) is 9.69. The molecule has 2 rings (SSSR count). The molecule has 1 atom stereocenters. The van der Waals surface area contributed by atoms with Gasteiger partial charge in [0, 0.05) is 17.6 Å². The summed E-state index contributed by atoms with van der Waals surface area (Å²) >= 11 is 1.52. The highest BCUT2D eigenvalue weighted by atomic mass is 32.1. The minimum absolute atomic E-state index is 0.00701. The lowest BCUT2D eigenvalue weighted by Crippen LogP contribution is -2.23. The number of carbonyl (C=O) groups is 1. The topological polar surface area (TPSA) is 100 Å². The Morgan fingerprint density at radius 2 is 2.40 bits per heavy atom. The fraction of sp³-hybridized carbons (Fsp3) is 0.417. The van der Waals surface area contributed by atoms with Crippen molar-refractivity contribution in [1.29, 1.82) is 0 Å². The van der Waals surface area contributed by atoms with Gasteiger partial charge in [0.15, 0.2) is 0 Å². The van der Waals surface area contributed by atoms with E-state index in [4.69, 9.17) is 10.2 Å². The molecule has 0 radical (unpaired) electrons. The Kier molecular flexibility index (Phi) is 5.22. The van der Waals surface area contributed by atoms with E-state index in [1.165, 1.54) is 11.3 Å². The summed E-state index contributed by atoms with van der Waals surface area (Å²) in [5.41, 5.74) is 0.713. The monoisotopic (exact) mass is 296 g/mol. The molecule has 0 aromatic carbocycles. The average molecular weight is 296 g/mol. The highest BCUT2D eigenvalue weighted by Gasteiger charge is 2.16. The van der Waals surface area contributed by atoms with Crippen LogP contribution in [0.5, 0.6) is 0 Å². The molecule has 0 aliphatic heterocycles. The van der Waals surface area contributed by atoms with Crippen LogP contribution in [0.3, 0.4) is 0 Å². The van der Waals surface area contributed by atoms with E-state index in [1.807, 2.05) is 17.5 Å². The summed E-state index contributed by atoms with van der Waals surface area (Å²) < 4.78 is 1.55. The number of hydrogen-bond acceptors (Lipinski definition) is 6. The number of aliphatic hydroxyl groups excluding tert-OH is 1. The fourth-order valence-corrected chi connectivity index (χ4v) is 2.60. The van der Waals surface area contributed by atoms with Crippen LogP contribution in [0.25, 0.3) is 0 Å². The molecular formula is C12H16N4O3S. The highest BCUT2D eigenvalue weighted by Crippen LogP contribution is 2.22. The number of nitrogens with one attached hydrogen (secondary N) is 1. The lowest BCUT2D eigenvalue weighted by Gasteiger charge is -2.14. The summed E-state index contributed by atoms with van der Waals surface area (Å²) in [5, 5.41) is 30.7. The second-order valence-electron chi connectivity index (χ2n) is 4.24. The smallest absolute Gasteiger partial charge is 0.305 e. The van der Waals surface area contributed by atoms with Crippen molar-refractivity contribution in [3.63, 3.8) is 0 Å². The first-order valence-electron chi connectivity index (χ1n) is 6.17. The van der Waals surface area contributed by atoms with Crippen molar-refractivity contribution in [2.24, 2.45) is 0 Å². The van der Waals surface area contributed by atoms with Gasteiger partial charge in [0.05, 0.1) is 31.3 Å². The van der Waals surface area contributed by atoms with Crippen LogP contribution in [0.1, 0.15) is 23.0 Å². The number of aliphatic hydroxyl groups is 1. The maximum Gasteiger partial charge on any atom is 0.305 e. The summed E-state index contributed by atoms with van der Waals surface area (Å²) in [4.78, 5) is 11.9. The van der Waals surface area contributed by atoms with Gasteiger partial charge in [-0.25, -0.2) is 4.68 Å². The zero-order chi connectivity index (χ0) is 14.4. The third kappa shape index (κ3) is 4.12. The molecule has 2 aromatic rings. The van der Waals surface area contributed by atoms with Crippen molar-refractivity contribution >= 4 is 17.3 Å². The van der Waals surface area contributed by atoms with E-state index in [9.17, 15) is 4.79 Å². The molecule has 8 heteroatoms. The summed E-state index contributed by atoms with van der Waals surface area (Å²) in [6.07, 6.45) is 1.75. The Balaban J connectivity index is 1.95. The molecule has 0 spiro atoms. The van der Waals surface area contributed by atoms with E-state index < -0.39 is 5.97 Å². The van der Waals surface area contributed by atoms with Gasteiger partial charge in [-0.1, -0.05) is 11.3 Å². The maximum atomic E-state index is 10.9. The Labute approximate surface area is 119 Å². The third-order valence-electron chi connectivity index (χ3n) is 2.71. The van der Waals surface area contributed by atoms with Gasteiger partial charge in [-0.05, 0) is 11.4 Å². The summed E-state index contributed by atoms with van der Waals surface area (Å²) in [7, 11) is 0. The van der Waals surface area contributed by atoms with Crippen LogP contribution in [0.2, 0.25) is 0 Å². The van der Waals surface area contributed by atoms with Crippen molar-refractivity contribution in [3.05, 3.63) is 34.3 Å². The largest absolute Gasteiger partial charge is 0.481 e. The van der Waals surface area contributed by atoms with E-state index in [1.54, 1.807) is 10.9 Å². The minimum Gasteiger partial charge on any atom is -0.481 e. The van der Waals surface area contributed by atoms with Crippen LogP contribution < -0.4 is 5.32 Å². The molecule has 0 aliphatic carbocycles.